The number of rotatable bonds is 3. The Labute approximate surface area is 109 Å². The summed E-state index contributed by atoms with van der Waals surface area (Å²) in [5.41, 5.74) is 0.963. The summed E-state index contributed by atoms with van der Waals surface area (Å²) in [7, 11) is 0. The van der Waals surface area contributed by atoms with Crippen LogP contribution in [0.4, 0.5) is 4.39 Å². The van der Waals surface area contributed by atoms with Gasteiger partial charge in [-0.2, -0.15) is 5.26 Å². The highest BCUT2D eigenvalue weighted by Crippen LogP contribution is 2.25. The van der Waals surface area contributed by atoms with E-state index >= 15 is 0 Å². The van der Waals surface area contributed by atoms with E-state index in [1.807, 2.05) is 6.07 Å². The van der Waals surface area contributed by atoms with Gasteiger partial charge in [-0.1, -0.05) is 0 Å². The van der Waals surface area contributed by atoms with Crippen molar-refractivity contribution in [1.82, 2.24) is 0 Å². The zero-order chi connectivity index (χ0) is 13.0. The number of aromatic hydroxyl groups is 1. The molecule has 0 fully saturated rings. The Bertz CT molecular complexity index is 590. The van der Waals surface area contributed by atoms with E-state index in [0.717, 1.165) is 4.90 Å². The van der Waals surface area contributed by atoms with Gasteiger partial charge in [0.05, 0.1) is 11.6 Å². The van der Waals surface area contributed by atoms with Gasteiger partial charge in [-0.05, 0) is 48.0 Å². The Hall–Kier alpha value is -1.99. The molecule has 90 valence electrons. The maximum atomic E-state index is 13.5. The first-order valence-corrected chi connectivity index (χ1v) is 6.28. The highest BCUT2D eigenvalue weighted by atomic mass is 32.2. The molecular weight excluding hydrogens is 249 g/mol. The van der Waals surface area contributed by atoms with Gasteiger partial charge in [-0.15, -0.1) is 11.8 Å². The third-order valence-electron chi connectivity index (χ3n) is 2.41. The Balaban J connectivity index is 2.10. The molecule has 0 radical (unpaired) electrons. The zero-order valence-corrected chi connectivity index (χ0v) is 10.2. The first-order valence-electron chi connectivity index (χ1n) is 5.29. The van der Waals surface area contributed by atoms with Crippen molar-refractivity contribution in [2.24, 2.45) is 0 Å². The van der Waals surface area contributed by atoms with Gasteiger partial charge in [0.2, 0.25) is 0 Å². The predicted octanol–water partition coefficient (Wildman–Crippen LogP) is 3.70. The maximum Gasteiger partial charge on any atom is 0.127 e. The molecule has 2 rings (SSSR count). The average Bonchev–Trinajstić information content (AvgIpc) is 2.40. The quantitative estimate of drug-likeness (QED) is 0.855. The van der Waals surface area contributed by atoms with E-state index in [1.54, 1.807) is 30.3 Å². The van der Waals surface area contributed by atoms with Crippen molar-refractivity contribution in [3.8, 4) is 11.8 Å². The molecule has 0 saturated carbocycles. The van der Waals surface area contributed by atoms with Crippen LogP contribution < -0.4 is 0 Å². The summed E-state index contributed by atoms with van der Waals surface area (Å²) < 4.78 is 13.5. The molecule has 1 N–H and O–H groups in total. The van der Waals surface area contributed by atoms with Crippen molar-refractivity contribution >= 4 is 11.8 Å². The van der Waals surface area contributed by atoms with Crippen LogP contribution in [-0.4, -0.2) is 5.11 Å². The van der Waals surface area contributed by atoms with Gasteiger partial charge < -0.3 is 5.11 Å². The molecule has 2 aromatic carbocycles. The van der Waals surface area contributed by atoms with Crippen molar-refractivity contribution in [2.75, 3.05) is 0 Å². The topological polar surface area (TPSA) is 44.0 Å². The molecule has 0 aliphatic carbocycles. The van der Waals surface area contributed by atoms with Gasteiger partial charge in [-0.25, -0.2) is 4.39 Å². The second-order valence-corrected chi connectivity index (χ2v) is 4.75. The van der Waals surface area contributed by atoms with E-state index in [2.05, 4.69) is 0 Å². The number of hydrogen-bond acceptors (Lipinski definition) is 3. The molecule has 0 aromatic heterocycles. The number of hydrogen-bond donors (Lipinski definition) is 1. The minimum Gasteiger partial charge on any atom is -0.508 e. The van der Waals surface area contributed by atoms with Crippen LogP contribution in [0.1, 0.15) is 11.1 Å². The summed E-state index contributed by atoms with van der Waals surface area (Å²) in [4.78, 5) is 0.939. The van der Waals surface area contributed by atoms with Crippen LogP contribution in [0.15, 0.2) is 47.4 Å². The molecule has 0 aliphatic heterocycles. The molecule has 0 heterocycles. The summed E-state index contributed by atoms with van der Waals surface area (Å²) >= 11 is 1.46. The van der Waals surface area contributed by atoms with Gasteiger partial charge in [0, 0.05) is 10.6 Å². The van der Waals surface area contributed by atoms with E-state index in [4.69, 9.17) is 10.4 Å². The number of nitriles is 1. The van der Waals surface area contributed by atoms with Crippen molar-refractivity contribution in [3.63, 3.8) is 0 Å². The molecule has 0 spiro atoms. The lowest BCUT2D eigenvalue weighted by atomic mass is 10.1. The molecule has 0 atom stereocenters. The third kappa shape index (κ3) is 3.02. The fourth-order valence-electron chi connectivity index (χ4n) is 1.46. The Kier molecular flexibility index (Phi) is 3.85. The van der Waals surface area contributed by atoms with Crippen LogP contribution in [0.25, 0.3) is 0 Å². The van der Waals surface area contributed by atoms with Crippen LogP contribution in [0.3, 0.4) is 0 Å². The molecular formula is C14H10FNOS. The van der Waals surface area contributed by atoms with Crippen LogP contribution in [0, 0.1) is 17.1 Å². The minimum absolute atomic E-state index is 0.206. The van der Waals surface area contributed by atoms with E-state index in [0.29, 0.717) is 16.9 Å². The van der Waals surface area contributed by atoms with Crippen LogP contribution in [0.5, 0.6) is 5.75 Å². The Morgan fingerprint density at radius 1 is 1.17 bits per heavy atom. The van der Waals surface area contributed by atoms with Gasteiger partial charge in [0.15, 0.2) is 0 Å². The lowest BCUT2D eigenvalue weighted by molar-refractivity contribution is 0.475. The number of benzene rings is 2. The fourth-order valence-corrected chi connectivity index (χ4v) is 2.33. The van der Waals surface area contributed by atoms with Gasteiger partial charge >= 0.3 is 0 Å². The van der Waals surface area contributed by atoms with Crippen molar-refractivity contribution in [3.05, 3.63) is 59.4 Å². The normalized spacial score (nSPS) is 10.0. The summed E-state index contributed by atoms with van der Waals surface area (Å²) in [6.07, 6.45) is 0. The van der Waals surface area contributed by atoms with Crippen molar-refractivity contribution in [2.45, 2.75) is 10.6 Å². The van der Waals surface area contributed by atoms with Gasteiger partial charge in [-0.3, -0.25) is 0 Å². The number of phenols is 1. The lowest BCUT2D eigenvalue weighted by Crippen LogP contribution is -1.89. The lowest BCUT2D eigenvalue weighted by Gasteiger charge is -2.04. The van der Waals surface area contributed by atoms with Crippen molar-refractivity contribution < 1.29 is 9.50 Å². The smallest absolute Gasteiger partial charge is 0.127 e. The van der Waals surface area contributed by atoms with Crippen LogP contribution in [-0.2, 0) is 5.75 Å². The molecule has 0 unspecified atom stereocenters. The average molecular weight is 259 g/mol. The maximum absolute atomic E-state index is 13.5. The summed E-state index contributed by atoms with van der Waals surface area (Å²) in [6.45, 7) is 0. The summed E-state index contributed by atoms with van der Waals surface area (Å²) in [5, 5.41) is 17.9. The monoisotopic (exact) mass is 259 g/mol. The Morgan fingerprint density at radius 2 is 1.89 bits per heavy atom. The standard InChI is InChI=1S/C14H10FNOS/c15-14-6-1-10(8-16)7-11(14)9-18-13-4-2-12(17)3-5-13/h1-7,17H,9H2. The molecule has 2 aromatic rings. The van der Waals surface area contributed by atoms with Crippen molar-refractivity contribution in [1.29, 1.82) is 5.26 Å². The Morgan fingerprint density at radius 3 is 2.56 bits per heavy atom. The number of thioether (sulfide) groups is 1. The highest BCUT2D eigenvalue weighted by Gasteiger charge is 2.04. The summed E-state index contributed by atoms with van der Waals surface area (Å²) in [5.74, 6) is 0.351. The fraction of sp³-hybridized carbons (Fsp3) is 0.0714. The summed E-state index contributed by atoms with van der Waals surface area (Å²) in [6, 6.07) is 13.0. The largest absolute Gasteiger partial charge is 0.508 e. The van der Waals surface area contributed by atoms with Gasteiger partial charge in [0.1, 0.15) is 11.6 Å². The van der Waals surface area contributed by atoms with E-state index in [9.17, 15) is 4.39 Å². The van der Waals surface area contributed by atoms with E-state index < -0.39 is 0 Å². The SMILES string of the molecule is N#Cc1ccc(F)c(CSc2ccc(O)cc2)c1. The second kappa shape index (κ2) is 5.56. The molecule has 18 heavy (non-hydrogen) atoms. The molecule has 0 aliphatic rings. The molecule has 4 heteroatoms. The van der Waals surface area contributed by atoms with Crippen LogP contribution >= 0.6 is 11.8 Å². The molecule has 0 bridgehead atoms. The number of nitrogens with zero attached hydrogens (tertiary/aromatic N) is 1. The minimum atomic E-state index is -0.305. The van der Waals surface area contributed by atoms with Gasteiger partial charge in [0.25, 0.3) is 0 Å². The third-order valence-corrected chi connectivity index (χ3v) is 3.47. The molecule has 0 saturated heterocycles. The van der Waals surface area contributed by atoms with E-state index in [-0.39, 0.29) is 11.6 Å². The predicted molar refractivity (Wildman–Crippen MR) is 68.8 cm³/mol. The second-order valence-electron chi connectivity index (χ2n) is 3.70. The van der Waals surface area contributed by atoms with E-state index in [1.165, 1.54) is 23.9 Å². The van der Waals surface area contributed by atoms with Crippen LogP contribution in [0.2, 0.25) is 0 Å². The first-order chi connectivity index (χ1) is 8.69. The highest BCUT2D eigenvalue weighted by molar-refractivity contribution is 7.98. The first kappa shape index (κ1) is 12.5. The number of phenolic OH excluding ortho intramolecular Hbond substituents is 1. The molecule has 0 amide bonds. The zero-order valence-electron chi connectivity index (χ0n) is 9.43. The number of halogens is 1. The molecule has 2 nitrogen and oxygen atoms in total.